The second-order valence-corrected chi connectivity index (χ2v) is 7.85. The van der Waals surface area contributed by atoms with Crippen LogP contribution in [0.1, 0.15) is 31.4 Å². The van der Waals surface area contributed by atoms with Gasteiger partial charge in [-0.25, -0.2) is 9.37 Å². The highest BCUT2D eigenvalue weighted by atomic mass is 19.1. The fraction of sp³-hybridized carbons (Fsp3) is 0.476. The molecule has 1 aromatic carbocycles. The van der Waals surface area contributed by atoms with Gasteiger partial charge < -0.3 is 14.7 Å². The van der Waals surface area contributed by atoms with Crippen molar-refractivity contribution >= 4 is 0 Å². The Hall–Kier alpha value is -2.21. The maximum Gasteiger partial charge on any atom is 0.255 e. The van der Waals surface area contributed by atoms with E-state index in [9.17, 15) is 13.9 Å². The molecule has 1 saturated carbocycles. The normalized spacial score (nSPS) is 26.1. The zero-order chi connectivity index (χ0) is 19.0. The third-order valence-corrected chi connectivity index (χ3v) is 5.79. The van der Waals surface area contributed by atoms with Crippen molar-refractivity contribution in [1.29, 1.82) is 0 Å². The molecule has 0 spiro atoms. The van der Waals surface area contributed by atoms with Crippen molar-refractivity contribution in [2.45, 2.75) is 31.8 Å². The van der Waals surface area contributed by atoms with Gasteiger partial charge >= 0.3 is 0 Å². The van der Waals surface area contributed by atoms with Crippen LogP contribution in [0.4, 0.5) is 8.78 Å². The molecular weight excluding hydrogens is 350 g/mol. The van der Waals surface area contributed by atoms with Crippen molar-refractivity contribution in [2.75, 3.05) is 19.6 Å². The second kappa shape index (κ2) is 7.43. The molecule has 2 aromatic rings. The second-order valence-electron chi connectivity index (χ2n) is 7.85. The minimum atomic E-state index is -0.807. The van der Waals surface area contributed by atoms with E-state index in [1.54, 1.807) is 18.2 Å². The highest BCUT2D eigenvalue weighted by molar-refractivity contribution is 5.23. The number of aromatic hydroxyl groups is 1. The summed E-state index contributed by atoms with van der Waals surface area (Å²) in [5.74, 6) is 0.572. The van der Waals surface area contributed by atoms with Gasteiger partial charge in [-0.1, -0.05) is 6.92 Å². The first kappa shape index (κ1) is 18.2. The van der Waals surface area contributed by atoms with E-state index in [4.69, 9.17) is 4.74 Å². The molecule has 0 amide bonds. The molecule has 4 nitrogen and oxygen atoms in total. The van der Waals surface area contributed by atoms with Gasteiger partial charge in [0.2, 0.25) is 0 Å². The van der Waals surface area contributed by atoms with Gasteiger partial charge in [0.25, 0.3) is 5.95 Å². The van der Waals surface area contributed by atoms with E-state index in [2.05, 4.69) is 9.88 Å². The summed E-state index contributed by atoms with van der Waals surface area (Å²) in [7, 11) is 0. The third kappa shape index (κ3) is 4.05. The van der Waals surface area contributed by atoms with Crippen LogP contribution in [0.15, 0.2) is 36.4 Å². The molecule has 2 fully saturated rings. The summed E-state index contributed by atoms with van der Waals surface area (Å²) in [6, 6.07) is 9.27. The molecule has 0 radical (unpaired) electrons. The van der Waals surface area contributed by atoms with Crippen molar-refractivity contribution in [2.24, 2.45) is 11.8 Å². The minimum absolute atomic E-state index is 0.102. The predicted molar refractivity (Wildman–Crippen MR) is 97.7 cm³/mol. The molecule has 1 saturated heterocycles. The summed E-state index contributed by atoms with van der Waals surface area (Å²) in [4.78, 5) is 6.28. The maximum atomic E-state index is 13.5. The highest BCUT2D eigenvalue weighted by Crippen LogP contribution is 2.40. The lowest BCUT2D eigenvalue weighted by Gasteiger charge is -2.23. The van der Waals surface area contributed by atoms with Crippen LogP contribution in [-0.4, -0.2) is 40.7 Å². The van der Waals surface area contributed by atoms with Crippen LogP contribution in [0.5, 0.6) is 11.5 Å². The molecule has 0 bridgehead atoms. The summed E-state index contributed by atoms with van der Waals surface area (Å²) in [6.45, 7) is 4.89. The average molecular weight is 374 g/mol. The number of hydrogen-bond acceptors (Lipinski definition) is 4. The maximum absolute atomic E-state index is 13.5. The molecule has 2 unspecified atom stereocenters. The number of benzene rings is 1. The van der Waals surface area contributed by atoms with Gasteiger partial charge in [-0.15, -0.1) is 0 Å². The Morgan fingerprint density at radius 3 is 2.41 bits per heavy atom. The van der Waals surface area contributed by atoms with Gasteiger partial charge in [0.1, 0.15) is 11.6 Å². The van der Waals surface area contributed by atoms with Crippen LogP contribution in [0.2, 0.25) is 0 Å². The Morgan fingerprint density at radius 1 is 1.11 bits per heavy atom. The molecule has 2 heterocycles. The van der Waals surface area contributed by atoms with Crippen LogP contribution in [-0.2, 0) is 0 Å². The van der Waals surface area contributed by atoms with E-state index in [0.717, 1.165) is 38.2 Å². The van der Waals surface area contributed by atoms with E-state index >= 15 is 0 Å². The number of aromatic nitrogens is 1. The fourth-order valence-electron chi connectivity index (χ4n) is 4.49. The third-order valence-electron chi connectivity index (χ3n) is 5.79. The summed E-state index contributed by atoms with van der Waals surface area (Å²) in [5, 5.41) is 9.28. The summed E-state index contributed by atoms with van der Waals surface area (Å²) in [6.07, 6.45) is 2.22. The van der Waals surface area contributed by atoms with Crippen molar-refractivity contribution < 1.29 is 18.6 Å². The topological polar surface area (TPSA) is 45.6 Å². The van der Waals surface area contributed by atoms with Crippen molar-refractivity contribution in [3.63, 3.8) is 0 Å². The van der Waals surface area contributed by atoms with Gasteiger partial charge in [0, 0.05) is 31.2 Å². The standard InChI is InChI=1S/C21H24F2N2O2/c1-13(19-6-7-20(26)21(23)24-19)10-25-11-14-8-18(9-15(14)12-25)27-17-4-2-16(22)3-5-17/h2-7,13-15,18,26H,8-12H2,1H3/t13?,14-,15+,18?. The van der Waals surface area contributed by atoms with E-state index in [1.165, 1.54) is 18.2 Å². The summed E-state index contributed by atoms with van der Waals surface area (Å²) >= 11 is 0. The fourth-order valence-corrected chi connectivity index (χ4v) is 4.49. The number of rotatable bonds is 5. The molecule has 2 aliphatic rings. The van der Waals surface area contributed by atoms with Crippen molar-refractivity contribution in [1.82, 2.24) is 9.88 Å². The van der Waals surface area contributed by atoms with Crippen molar-refractivity contribution in [3.05, 3.63) is 53.9 Å². The predicted octanol–water partition coefficient (Wildman–Crippen LogP) is 3.96. The number of halogens is 2. The van der Waals surface area contributed by atoms with Crippen molar-refractivity contribution in [3.8, 4) is 11.5 Å². The smallest absolute Gasteiger partial charge is 0.255 e. The minimum Gasteiger partial charge on any atom is -0.504 e. The average Bonchev–Trinajstić information content (AvgIpc) is 3.17. The first-order chi connectivity index (χ1) is 13.0. The molecule has 27 heavy (non-hydrogen) atoms. The first-order valence-electron chi connectivity index (χ1n) is 9.48. The molecule has 1 aromatic heterocycles. The Morgan fingerprint density at radius 2 is 1.78 bits per heavy atom. The number of likely N-dealkylation sites (tertiary alicyclic amines) is 1. The van der Waals surface area contributed by atoms with Gasteiger partial charge in [-0.3, -0.25) is 0 Å². The Balaban J connectivity index is 1.29. The monoisotopic (exact) mass is 374 g/mol. The molecule has 1 N–H and O–H groups in total. The molecule has 4 rings (SSSR count). The van der Waals surface area contributed by atoms with Crippen LogP contribution in [0, 0.1) is 23.6 Å². The zero-order valence-corrected chi connectivity index (χ0v) is 15.3. The van der Waals surface area contributed by atoms with Gasteiger partial charge in [-0.05, 0) is 61.1 Å². The van der Waals surface area contributed by atoms with Crippen LogP contribution >= 0.6 is 0 Å². The van der Waals surface area contributed by atoms with Crippen LogP contribution in [0.3, 0.4) is 0 Å². The van der Waals surface area contributed by atoms with Crippen LogP contribution < -0.4 is 4.74 Å². The Labute approximate surface area is 157 Å². The lowest BCUT2D eigenvalue weighted by molar-refractivity contribution is 0.184. The first-order valence-corrected chi connectivity index (χ1v) is 9.48. The van der Waals surface area contributed by atoms with Gasteiger partial charge in [-0.2, -0.15) is 4.39 Å². The number of nitrogens with zero attached hydrogens (tertiary/aromatic N) is 2. The SMILES string of the molecule is CC(CN1C[C@H]2CC(Oc3ccc(F)cc3)C[C@H]2C1)c1ccc(O)c(F)n1. The molecule has 4 atom stereocenters. The molecule has 1 aliphatic carbocycles. The number of hydrogen-bond donors (Lipinski definition) is 1. The number of fused-ring (bicyclic) bond motifs is 1. The summed E-state index contributed by atoms with van der Waals surface area (Å²) < 4.78 is 32.5. The van der Waals surface area contributed by atoms with E-state index in [-0.39, 0.29) is 17.8 Å². The van der Waals surface area contributed by atoms with Crippen LogP contribution in [0.25, 0.3) is 0 Å². The van der Waals surface area contributed by atoms with Gasteiger partial charge in [0.15, 0.2) is 5.75 Å². The molecular formula is C21H24F2N2O2. The lowest BCUT2D eigenvalue weighted by atomic mass is 10.0. The highest BCUT2D eigenvalue weighted by Gasteiger charge is 2.42. The van der Waals surface area contributed by atoms with Gasteiger partial charge in [0.05, 0.1) is 6.10 Å². The quantitative estimate of drug-likeness (QED) is 0.805. The van der Waals surface area contributed by atoms with E-state index in [0.29, 0.717) is 17.5 Å². The summed E-state index contributed by atoms with van der Waals surface area (Å²) in [5.41, 5.74) is 0.667. The number of pyridine rings is 1. The Bertz CT molecular complexity index is 785. The van der Waals surface area contributed by atoms with E-state index < -0.39 is 11.7 Å². The largest absolute Gasteiger partial charge is 0.504 e. The molecule has 144 valence electrons. The lowest BCUT2D eigenvalue weighted by Crippen LogP contribution is -2.28. The molecule has 1 aliphatic heterocycles. The Kier molecular flexibility index (Phi) is 5.00. The van der Waals surface area contributed by atoms with E-state index in [1.807, 2.05) is 6.92 Å². The molecule has 6 heteroatoms. The number of ether oxygens (including phenoxy) is 1. The zero-order valence-electron chi connectivity index (χ0n) is 15.3.